The summed E-state index contributed by atoms with van der Waals surface area (Å²) >= 11 is 0. The summed E-state index contributed by atoms with van der Waals surface area (Å²) in [7, 11) is 0. The molecule has 0 spiro atoms. The Bertz CT molecular complexity index is 637. The first-order valence-corrected chi connectivity index (χ1v) is 9.84. The number of carbonyl (C=O) groups is 2. The average molecular weight is 376 g/mol. The molecule has 27 heavy (non-hydrogen) atoms. The molecule has 0 aromatic heterocycles. The number of rotatable bonds is 8. The predicted molar refractivity (Wildman–Crippen MR) is 105 cm³/mol. The smallest absolute Gasteiger partial charge is 0.317 e. The van der Waals surface area contributed by atoms with E-state index in [1.165, 1.54) is 0 Å². The van der Waals surface area contributed by atoms with E-state index < -0.39 is 5.97 Å². The summed E-state index contributed by atoms with van der Waals surface area (Å²) < 4.78 is 5.96. The Hall–Kier alpha value is -2.24. The van der Waals surface area contributed by atoms with Gasteiger partial charge in [-0.25, -0.2) is 4.79 Å². The third-order valence-corrected chi connectivity index (χ3v) is 4.97. The number of carboxylic acids is 1. The average Bonchev–Trinajstić information content (AvgIpc) is 2.64. The van der Waals surface area contributed by atoms with Gasteiger partial charge in [0.25, 0.3) is 0 Å². The van der Waals surface area contributed by atoms with Gasteiger partial charge in [-0.15, -0.1) is 0 Å². The monoisotopic (exact) mass is 376 g/mol. The lowest BCUT2D eigenvalue weighted by atomic mass is 9.97. The number of hydrogen-bond donors (Lipinski definition) is 2. The molecule has 1 aliphatic heterocycles. The number of piperidine rings is 1. The Morgan fingerprint density at radius 1 is 1.30 bits per heavy atom. The van der Waals surface area contributed by atoms with Crippen molar-refractivity contribution in [2.45, 2.75) is 53.0 Å². The minimum atomic E-state index is -0.769. The van der Waals surface area contributed by atoms with Crippen molar-refractivity contribution in [3.8, 4) is 5.75 Å². The van der Waals surface area contributed by atoms with Crippen LogP contribution in [0.15, 0.2) is 18.2 Å². The zero-order valence-corrected chi connectivity index (χ0v) is 16.7. The van der Waals surface area contributed by atoms with Gasteiger partial charge in [0.2, 0.25) is 0 Å². The van der Waals surface area contributed by atoms with Crippen LogP contribution in [0.5, 0.6) is 5.75 Å². The van der Waals surface area contributed by atoms with Crippen LogP contribution in [-0.2, 0) is 11.3 Å². The molecule has 0 radical (unpaired) electrons. The van der Waals surface area contributed by atoms with Gasteiger partial charge < -0.3 is 20.1 Å². The highest BCUT2D eigenvalue weighted by atomic mass is 16.5. The van der Waals surface area contributed by atoms with Crippen molar-refractivity contribution in [1.29, 1.82) is 0 Å². The van der Waals surface area contributed by atoms with Gasteiger partial charge in [0.15, 0.2) is 0 Å². The quantitative estimate of drug-likeness (QED) is 0.676. The van der Waals surface area contributed by atoms with Crippen molar-refractivity contribution in [3.05, 3.63) is 29.3 Å². The van der Waals surface area contributed by atoms with Crippen molar-refractivity contribution in [2.75, 3.05) is 19.7 Å². The van der Waals surface area contributed by atoms with Gasteiger partial charge >= 0.3 is 12.0 Å². The second-order valence-corrected chi connectivity index (χ2v) is 7.75. The maximum absolute atomic E-state index is 12.4. The fourth-order valence-corrected chi connectivity index (χ4v) is 3.23. The number of likely N-dealkylation sites (tertiary alicyclic amines) is 1. The second kappa shape index (κ2) is 10.2. The van der Waals surface area contributed by atoms with Crippen LogP contribution in [0.2, 0.25) is 0 Å². The molecule has 0 unspecified atom stereocenters. The molecular formula is C21H32N2O4. The summed E-state index contributed by atoms with van der Waals surface area (Å²) in [5.74, 6) is 0.379. The van der Waals surface area contributed by atoms with E-state index in [9.17, 15) is 9.59 Å². The van der Waals surface area contributed by atoms with Crippen LogP contribution in [0.1, 0.15) is 50.7 Å². The highest BCUT2D eigenvalue weighted by Crippen LogP contribution is 2.22. The van der Waals surface area contributed by atoms with Crippen LogP contribution in [0.3, 0.4) is 0 Å². The number of carbonyl (C=O) groups excluding carboxylic acids is 1. The highest BCUT2D eigenvalue weighted by molar-refractivity contribution is 5.75. The molecule has 6 nitrogen and oxygen atoms in total. The summed E-state index contributed by atoms with van der Waals surface area (Å²) in [6.07, 6.45) is 3.16. The zero-order chi connectivity index (χ0) is 19.8. The lowest BCUT2D eigenvalue weighted by molar-refractivity contribution is -0.143. The molecule has 0 aliphatic carbocycles. The molecular weight excluding hydrogens is 344 g/mol. The van der Waals surface area contributed by atoms with E-state index in [-0.39, 0.29) is 11.9 Å². The van der Waals surface area contributed by atoms with Crippen molar-refractivity contribution in [3.63, 3.8) is 0 Å². The molecule has 2 N–H and O–H groups in total. The molecule has 150 valence electrons. The number of benzene rings is 1. The Morgan fingerprint density at radius 3 is 2.63 bits per heavy atom. The van der Waals surface area contributed by atoms with E-state index in [1.807, 2.05) is 25.1 Å². The van der Waals surface area contributed by atoms with E-state index in [0.717, 1.165) is 29.7 Å². The van der Waals surface area contributed by atoms with E-state index in [1.54, 1.807) is 4.90 Å². The maximum atomic E-state index is 12.4. The fraction of sp³-hybridized carbons (Fsp3) is 0.619. The van der Waals surface area contributed by atoms with Gasteiger partial charge in [-0.2, -0.15) is 0 Å². The first-order valence-electron chi connectivity index (χ1n) is 9.84. The van der Waals surface area contributed by atoms with E-state index in [0.29, 0.717) is 45.0 Å². The number of aryl methyl sites for hydroxylation is 1. The molecule has 1 saturated heterocycles. The third kappa shape index (κ3) is 6.77. The molecule has 1 aliphatic rings. The topological polar surface area (TPSA) is 78.9 Å². The number of aliphatic carboxylic acids is 1. The Labute approximate surface area is 161 Å². The number of urea groups is 1. The Kier molecular flexibility index (Phi) is 7.95. The maximum Gasteiger partial charge on any atom is 0.317 e. The Balaban J connectivity index is 1.85. The van der Waals surface area contributed by atoms with Crippen LogP contribution in [0.25, 0.3) is 0 Å². The van der Waals surface area contributed by atoms with Gasteiger partial charge in [-0.1, -0.05) is 26.0 Å². The standard InChI is InChI=1S/C21H32N2O4/c1-15(2)5-4-12-27-19-13-16(3)6-7-18(19)14-22-21(26)23-10-8-17(9-11-23)20(24)25/h6-7,13,15,17H,4-5,8-12,14H2,1-3H3,(H,22,26)(H,24,25). The molecule has 1 aromatic carbocycles. The van der Waals surface area contributed by atoms with Crippen LogP contribution in [0, 0.1) is 18.8 Å². The van der Waals surface area contributed by atoms with Crippen LogP contribution in [-0.4, -0.2) is 41.7 Å². The van der Waals surface area contributed by atoms with Crippen molar-refractivity contribution in [2.24, 2.45) is 11.8 Å². The number of amides is 2. The molecule has 0 atom stereocenters. The number of nitrogens with one attached hydrogen (secondary N) is 1. The van der Waals surface area contributed by atoms with Crippen molar-refractivity contribution < 1.29 is 19.4 Å². The van der Waals surface area contributed by atoms with Crippen LogP contribution < -0.4 is 10.1 Å². The number of carboxylic acid groups (broad SMARTS) is 1. The van der Waals surface area contributed by atoms with Crippen LogP contribution in [0.4, 0.5) is 4.79 Å². The van der Waals surface area contributed by atoms with Crippen molar-refractivity contribution >= 4 is 12.0 Å². The largest absolute Gasteiger partial charge is 0.493 e. The second-order valence-electron chi connectivity index (χ2n) is 7.75. The van der Waals surface area contributed by atoms with Gasteiger partial charge in [-0.05, 0) is 50.2 Å². The third-order valence-electron chi connectivity index (χ3n) is 4.97. The van der Waals surface area contributed by atoms with Gasteiger partial charge in [0, 0.05) is 25.2 Å². The fourth-order valence-electron chi connectivity index (χ4n) is 3.23. The number of ether oxygens (including phenoxy) is 1. The summed E-state index contributed by atoms with van der Waals surface area (Å²) in [4.78, 5) is 25.1. The summed E-state index contributed by atoms with van der Waals surface area (Å²) in [5.41, 5.74) is 2.08. The van der Waals surface area contributed by atoms with E-state index in [2.05, 4.69) is 19.2 Å². The molecule has 1 aromatic rings. The first kappa shape index (κ1) is 21.1. The summed E-state index contributed by atoms with van der Waals surface area (Å²) in [6, 6.07) is 5.87. The lowest BCUT2D eigenvalue weighted by Crippen LogP contribution is -2.45. The SMILES string of the molecule is Cc1ccc(CNC(=O)N2CCC(C(=O)O)CC2)c(OCCCC(C)C)c1. The van der Waals surface area contributed by atoms with Gasteiger partial charge in [0.05, 0.1) is 12.5 Å². The van der Waals surface area contributed by atoms with Gasteiger partial charge in [-0.3, -0.25) is 4.79 Å². The summed E-state index contributed by atoms with van der Waals surface area (Å²) in [5, 5.41) is 12.0. The summed E-state index contributed by atoms with van der Waals surface area (Å²) in [6.45, 7) is 8.46. The molecule has 1 fully saturated rings. The van der Waals surface area contributed by atoms with E-state index >= 15 is 0 Å². The highest BCUT2D eigenvalue weighted by Gasteiger charge is 2.26. The lowest BCUT2D eigenvalue weighted by Gasteiger charge is -2.30. The predicted octanol–water partition coefficient (Wildman–Crippen LogP) is 3.82. The molecule has 0 saturated carbocycles. The zero-order valence-electron chi connectivity index (χ0n) is 16.7. The minimum Gasteiger partial charge on any atom is -0.493 e. The Morgan fingerprint density at radius 2 is 2.00 bits per heavy atom. The first-order chi connectivity index (χ1) is 12.9. The van der Waals surface area contributed by atoms with E-state index in [4.69, 9.17) is 9.84 Å². The molecule has 1 heterocycles. The molecule has 0 bridgehead atoms. The molecule has 2 rings (SSSR count). The normalized spacial score (nSPS) is 15.0. The molecule has 6 heteroatoms. The van der Waals surface area contributed by atoms with Crippen molar-refractivity contribution in [1.82, 2.24) is 10.2 Å². The number of nitrogens with zero attached hydrogens (tertiary/aromatic N) is 1. The molecule has 2 amide bonds. The number of hydrogen-bond acceptors (Lipinski definition) is 3. The van der Waals surface area contributed by atoms with Gasteiger partial charge in [0.1, 0.15) is 5.75 Å². The van der Waals surface area contributed by atoms with Crippen LogP contribution >= 0.6 is 0 Å². The minimum absolute atomic E-state index is 0.148.